The Bertz CT molecular complexity index is 1070. The van der Waals surface area contributed by atoms with Gasteiger partial charge in [0, 0.05) is 24.0 Å². The average molecular weight is 452 g/mol. The lowest BCUT2D eigenvalue weighted by Crippen LogP contribution is -2.61. The zero-order chi connectivity index (χ0) is 23.5. The molecule has 6 rings (SSSR count). The molecule has 3 fully saturated rings. The van der Waals surface area contributed by atoms with Gasteiger partial charge in [-0.15, -0.1) is 0 Å². The molecule has 34 heavy (non-hydrogen) atoms. The first-order chi connectivity index (χ1) is 16.6. The zero-order valence-electron chi connectivity index (χ0n) is 20.0. The van der Waals surface area contributed by atoms with Crippen LogP contribution >= 0.6 is 0 Å². The average Bonchev–Trinajstić information content (AvgIpc) is 2.89. The van der Waals surface area contributed by atoms with Gasteiger partial charge in [0.05, 0.1) is 0 Å². The first kappa shape index (κ1) is 22.6. The van der Waals surface area contributed by atoms with Gasteiger partial charge in [-0.2, -0.15) is 0 Å². The standard InChI is InChI=1S/C31H33NO2/c1-32(2)31-20-26(24-14-8-4-9-15-24)30(27(21-31)25-16-10-5-11-17-25)28(22-31)34-29(33)19-18-23-12-6-3-7-13-23/h3-19,26-28,30H,20-22H2,1-2H3/b19-18+. The van der Waals surface area contributed by atoms with E-state index in [0.717, 1.165) is 24.8 Å². The number of hydrogen-bond acceptors (Lipinski definition) is 3. The molecular formula is C31H33NO2. The van der Waals surface area contributed by atoms with Gasteiger partial charge in [0.25, 0.3) is 0 Å². The highest BCUT2D eigenvalue weighted by atomic mass is 16.5. The molecule has 2 bridgehead atoms. The van der Waals surface area contributed by atoms with Crippen LogP contribution in [0, 0.1) is 5.92 Å². The molecular weight excluding hydrogens is 418 g/mol. The normalized spacial score (nSPS) is 28.3. The second-order valence-electron chi connectivity index (χ2n) is 10.1. The van der Waals surface area contributed by atoms with Crippen molar-refractivity contribution in [2.24, 2.45) is 5.92 Å². The topological polar surface area (TPSA) is 29.5 Å². The Morgan fingerprint density at radius 2 is 1.29 bits per heavy atom. The van der Waals surface area contributed by atoms with Crippen LogP contribution in [0.5, 0.6) is 0 Å². The Morgan fingerprint density at radius 3 is 1.79 bits per heavy atom. The van der Waals surface area contributed by atoms with Gasteiger partial charge in [0.2, 0.25) is 0 Å². The molecule has 0 saturated heterocycles. The number of fused-ring (bicyclic) bond motifs is 3. The predicted octanol–water partition coefficient (Wildman–Crippen LogP) is 6.29. The molecule has 3 nitrogen and oxygen atoms in total. The minimum Gasteiger partial charge on any atom is -0.459 e. The smallest absolute Gasteiger partial charge is 0.331 e. The molecule has 3 atom stereocenters. The lowest BCUT2D eigenvalue weighted by molar-refractivity contribution is -0.161. The van der Waals surface area contributed by atoms with Crippen molar-refractivity contribution < 1.29 is 9.53 Å². The molecule has 0 spiro atoms. The van der Waals surface area contributed by atoms with Crippen molar-refractivity contribution in [3.05, 3.63) is 114 Å². The van der Waals surface area contributed by atoms with Gasteiger partial charge < -0.3 is 9.64 Å². The summed E-state index contributed by atoms with van der Waals surface area (Å²) in [5.41, 5.74) is 3.68. The molecule has 174 valence electrons. The summed E-state index contributed by atoms with van der Waals surface area (Å²) >= 11 is 0. The van der Waals surface area contributed by atoms with E-state index in [-0.39, 0.29) is 23.5 Å². The third-order valence-electron chi connectivity index (χ3n) is 8.02. The maximum Gasteiger partial charge on any atom is 0.331 e. The van der Waals surface area contributed by atoms with Crippen LogP contribution in [0.25, 0.3) is 6.08 Å². The summed E-state index contributed by atoms with van der Waals surface area (Å²) in [6.07, 6.45) is 6.34. The molecule has 0 heterocycles. The molecule has 3 aromatic carbocycles. The van der Waals surface area contributed by atoms with E-state index in [2.05, 4.69) is 79.7 Å². The van der Waals surface area contributed by atoms with Crippen LogP contribution in [0.3, 0.4) is 0 Å². The third kappa shape index (κ3) is 4.45. The van der Waals surface area contributed by atoms with Crippen LogP contribution in [0.15, 0.2) is 97.1 Å². The fraction of sp³-hybridized carbons (Fsp3) is 0.323. The van der Waals surface area contributed by atoms with E-state index >= 15 is 0 Å². The number of rotatable bonds is 6. The Hall–Kier alpha value is -3.17. The maximum atomic E-state index is 13.0. The molecule has 0 radical (unpaired) electrons. The summed E-state index contributed by atoms with van der Waals surface area (Å²) in [5, 5.41) is 0. The van der Waals surface area contributed by atoms with E-state index in [9.17, 15) is 4.79 Å². The third-order valence-corrected chi connectivity index (χ3v) is 8.02. The summed E-state index contributed by atoms with van der Waals surface area (Å²) in [7, 11) is 4.37. The van der Waals surface area contributed by atoms with Crippen molar-refractivity contribution in [1.82, 2.24) is 4.90 Å². The molecule has 3 aliphatic rings. The summed E-state index contributed by atoms with van der Waals surface area (Å²) in [5.74, 6) is 0.675. The molecule has 0 aliphatic heterocycles. The molecule has 3 saturated carbocycles. The van der Waals surface area contributed by atoms with Crippen LogP contribution in [0.4, 0.5) is 0 Å². The molecule has 3 aliphatic carbocycles. The van der Waals surface area contributed by atoms with Crippen molar-refractivity contribution in [1.29, 1.82) is 0 Å². The van der Waals surface area contributed by atoms with E-state index < -0.39 is 0 Å². The second-order valence-corrected chi connectivity index (χ2v) is 10.1. The number of nitrogens with zero attached hydrogens (tertiary/aromatic N) is 1. The number of hydrogen-bond donors (Lipinski definition) is 0. The minimum atomic E-state index is -0.256. The predicted molar refractivity (Wildman–Crippen MR) is 137 cm³/mol. The number of esters is 1. The quantitative estimate of drug-likeness (QED) is 0.326. The molecule has 0 aromatic heterocycles. The lowest BCUT2D eigenvalue weighted by Gasteiger charge is -2.60. The fourth-order valence-corrected chi connectivity index (χ4v) is 6.32. The van der Waals surface area contributed by atoms with E-state index in [1.165, 1.54) is 11.1 Å². The van der Waals surface area contributed by atoms with Gasteiger partial charge in [0.15, 0.2) is 0 Å². The lowest BCUT2D eigenvalue weighted by atomic mass is 9.52. The summed E-state index contributed by atoms with van der Waals surface area (Å²) in [6.45, 7) is 0. The van der Waals surface area contributed by atoms with Gasteiger partial charge in [-0.25, -0.2) is 4.79 Å². The van der Waals surface area contributed by atoms with E-state index in [4.69, 9.17) is 4.74 Å². The van der Waals surface area contributed by atoms with Gasteiger partial charge in [-0.3, -0.25) is 0 Å². The highest BCUT2D eigenvalue weighted by Crippen LogP contribution is 2.60. The number of carbonyl (C=O) groups excluding carboxylic acids is 1. The van der Waals surface area contributed by atoms with Crippen LogP contribution in [0.1, 0.15) is 47.8 Å². The summed E-state index contributed by atoms with van der Waals surface area (Å²) in [6, 6.07) is 31.5. The Balaban J connectivity index is 1.50. The number of carbonyl (C=O) groups is 1. The molecule has 0 N–H and O–H groups in total. The van der Waals surface area contributed by atoms with Gasteiger partial charge in [-0.1, -0.05) is 91.0 Å². The first-order valence-corrected chi connectivity index (χ1v) is 12.3. The van der Waals surface area contributed by atoms with Crippen LogP contribution in [0.2, 0.25) is 0 Å². The van der Waals surface area contributed by atoms with Gasteiger partial charge >= 0.3 is 5.97 Å². The highest BCUT2D eigenvalue weighted by molar-refractivity contribution is 5.87. The maximum absolute atomic E-state index is 13.0. The summed E-state index contributed by atoms with van der Waals surface area (Å²) in [4.78, 5) is 15.4. The van der Waals surface area contributed by atoms with Gasteiger partial charge in [0.1, 0.15) is 6.10 Å². The SMILES string of the molecule is CN(C)C12CC(OC(=O)/C=C/c3ccccc3)C(C(c3ccccc3)C1)C(c1ccccc1)C2. The second kappa shape index (κ2) is 9.60. The largest absolute Gasteiger partial charge is 0.459 e. The Morgan fingerprint density at radius 1 is 0.794 bits per heavy atom. The number of benzene rings is 3. The van der Waals surface area contributed by atoms with Gasteiger partial charge in [-0.05, 0) is 61.5 Å². The van der Waals surface area contributed by atoms with Crippen molar-refractivity contribution >= 4 is 12.0 Å². The minimum absolute atomic E-state index is 0.0101. The monoisotopic (exact) mass is 451 g/mol. The van der Waals surface area contributed by atoms with Crippen molar-refractivity contribution in [2.45, 2.75) is 42.7 Å². The van der Waals surface area contributed by atoms with Crippen LogP contribution in [-0.4, -0.2) is 36.6 Å². The Labute approximate surface area is 203 Å². The van der Waals surface area contributed by atoms with Crippen molar-refractivity contribution in [2.75, 3.05) is 14.1 Å². The van der Waals surface area contributed by atoms with Crippen LogP contribution < -0.4 is 0 Å². The van der Waals surface area contributed by atoms with Crippen molar-refractivity contribution in [3.8, 4) is 0 Å². The summed E-state index contributed by atoms with van der Waals surface area (Å²) < 4.78 is 6.27. The number of ether oxygens (including phenoxy) is 1. The zero-order valence-corrected chi connectivity index (χ0v) is 20.0. The van der Waals surface area contributed by atoms with Crippen molar-refractivity contribution in [3.63, 3.8) is 0 Å². The molecule has 3 unspecified atom stereocenters. The van der Waals surface area contributed by atoms with E-state index in [0.29, 0.717) is 11.8 Å². The fourth-order valence-electron chi connectivity index (χ4n) is 6.32. The molecule has 3 aromatic rings. The highest BCUT2D eigenvalue weighted by Gasteiger charge is 2.58. The van der Waals surface area contributed by atoms with E-state index in [1.807, 2.05) is 36.4 Å². The van der Waals surface area contributed by atoms with E-state index in [1.54, 1.807) is 6.08 Å². The molecule has 0 amide bonds. The molecule has 3 heteroatoms. The first-order valence-electron chi connectivity index (χ1n) is 12.3. The van der Waals surface area contributed by atoms with Crippen LogP contribution in [-0.2, 0) is 9.53 Å². The Kier molecular flexibility index (Phi) is 6.38.